The van der Waals surface area contributed by atoms with Gasteiger partial charge in [0.15, 0.2) is 0 Å². The fraction of sp³-hybridized carbons (Fsp3) is 0.824. The van der Waals surface area contributed by atoms with Crippen LogP contribution in [0.1, 0.15) is 83.7 Å². The van der Waals surface area contributed by atoms with Gasteiger partial charge >= 0.3 is 0 Å². The predicted molar refractivity (Wildman–Crippen MR) is 85.9 cm³/mol. The third-order valence-corrected chi connectivity index (χ3v) is 4.45. The molecule has 3 heteroatoms. The van der Waals surface area contributed by atoms with Gasteiger partial charge in [0, 0.05) is 18.4 Å². The van der Waals surface area contributed by atoms with Gasteiger partial charge in [0.05, 0.1) is 5.69 Å². The zero-order valence-electron chi connectivity index (χ0n) is 13.8. The fourth-order valence-electron chi connectivity index (χ4n) is 3.48. The van der Waals surface area contributed by atoms with E-state index in [2.05, 4.69) is 39.2 Å². The first-order chi connectivity index (χ1) is 9.40. The number of nitrogens with two attached hydrogens (primary N) is 1. The van der Waals surface area contributed by atoms with Gasteiger partial charge in [0.1, 0.15) is 11.6 Å². The lowest BCUT2D eigenvalue weighted by Crippen LogP contribution is -2.15. The Labute approximate surface area is 124 Å². The first-order valence-electron chi connectivity index (χ1n) is 8.25. The molecular weight excluding hydrogens is 246 g/mol. The molecule has 20 heavy (non-hydrogen) atoms. The summed E-state index contributed by atoms with van der Waals surface area (Å²) in [5.41, 5.74) is 7.65. The standard InChI is InChI=1S/C17H31N3/c1-11(2)10-20-16(18)15(19-17(20)12(3)4)14-8-6-7-13(5)9-14/h11-14H,6-10,18H2,1-5H3. The van der Waals surface area contributed by atoms with Crippen molar-refractivity contribution in [3.8, 4) is 0 Å². The maximum Gasteiger partial charge on any atom is 0.127 e. The summed E-state index contributed by atoms with van der Waals surface area (Å²) < 4.78 is 2.27. The summed E-state index contributed by atoms with van der Waals surface area (Å²) >= 11 is 0. The smallest absolute Gasteiger partial charge is 0.127 e. The molecule has 0 spiro atoms. The SMILES string of the molecule is CC(C)Cn1c(C(C)C)nc(C2CCCC(C)C2)c1N. The summed E-state index contributed by atoms with van der Waals surface area (Å²) in [6, 6.07) is 0. The van der Waals surface area contributed by atoms with Crippen LogP contribution in [0, 0.1) is 11.8 Å². The zero-order valence-corrected chi connectivity index (χ0v) is 13.8. The minimum atomic E-state index is 0.436. The second-order valence-corrected chi connectivity index (χ2v) is 7.37. The highest BCUT2D eigenvalue weighted by Crippen LogP contribution is 2.39. The van der Waals surface area contributed by atoms with Crippen molar-refractivity contribution in [3.63, 3.8) is 0 Å². The lowest BCUT2D eigenvalue weighted by molar-refractivity contribution is 0.341. The van der Waals surface area contributed by atoms with Crippen molar-refractivity contribution >= 4 is 5.82 Å². The summed E-state index contributed by atoms with van der Waals surface area (Å²) in [5.74, 6) is 4.52. The van der Waals surface area contributed by atoms with Crippen LogP contribution < -0.4 is 5.73 Å². The highest BCUT2D eigenvalue weighted by atomic mass is 15.1. The molecule has 0 radical (unpaired) electrons. The minimum Gasteiger partial charge on any atom is -0.384 e. The number of nitrogen functional groups attached to an aromatic ring is 1. The van der Waals surface area contributed by atoms with Crippen LogP contribution in [-0.2, 0) is 6.54 Å². The lowest BCUT2D eigenvalue weighted by atomic mass is 9.81. The molecule has 1 aliphatic rings. The van der Waals surface area contributed by atoms with E-state index in [-0.39, 0.29) is 0 Å². The number of imidazole rings is 1. The normalized spacial score (nSPS) is 23.8. The van der Waals surface area contributed by atoms with E-state index in [0.717, 1.165) is 18.3 Å². The fourth-order valence-corrected chi connectivity index (χ4v) is 3.48. The third-order valence-electron chi connectivity index (χ3n) is 4.45. The van der Waals surface area contributed by atoms with Crippen LogP contribution in [-0.4, -0.2) is 9.55 Å². The van der Waals surface area contributed by atoms with Crippen LogP contribution in [0.4, 0.5) is 5.82 Å². The molecule has 0 bridgehead atoms. The Hall–Kier alpha value is -0.990. The quantitative estimate of drug-likeness (QED) is 0.878. The number of anilines is 1. The molecule has 0 saturated heterocycles. The highest BCUT2D eigenvalue weighted by Gasteiger charge is 2.27. The number of nitrogens with zero attached hydrogens (tertiary/aromatic N) is 2. The Morgan fingerprint density at radius 1 is 1.25 bits per heavy atom. The molecule has 2 atom stereocenters. The van der Waals surface area contributed by atoms with Crippen LogP contribution in [0.3, 0.4) is 0 Å². The second kappa shape index (κ2) is 6.19. The number of hydrogen-bond acceptors (Lipinski definition) is 2. The van der Waals surface area contributed by atoms with E-state index in [1.54, 1.807) is 0 Å². The predicted octanol–water partition coefficient (Wildman–Crippen LogP) is 4.54. The number of aromatic nitrogens is 2. The maximum absolute atomic E-state index is 6.47. The summed E-state index contributed by atoms with van der Waals surface area (Å²) in [6.45, 7) is 12.3. The highest BCUT2D eigenvalue weighted by molar-refractivity contribution is 5.41. The van der Waals surface area contributed by atoms with E-state index in [1.165, 1.54) is 37.2 Å². The number of rotatable bonds is 4. The molecule has 1 aromatic heterocycles. The largest absolute Gasteiger partial charge is 0.384 e. The van der Waals surface area contributed by atoms with Crippen LogP contribution >= 0.6 is 0 Å². The van der Waals surface area contributed by atoms with Crippen molar-refractivity contribution in [2.24, 2.45) is 11.8 Å². The van der Waals surface area contributed by atoms with Crippen LogP contribution in [0.5, 0.6) is 0 Å². The van der Waals surface area contributed by atoms with E-state index >= 15 is 0 Å². The van der Waals surface area contributed by atoms with Gasteiger partial charge in [-0.15, -0.1) is 0 Å². The third kappa shape index (κ3) is 3.18. The van der Waals surface area contributed by atoms with E-state index in [4.69, 9.17) is 10.7 Å². The van der Waals surface area contributed by atoms with Gasteiger partial charge in [-0.1, -0.05) is 47.5 Å². The molecule has 114 valence electrons. The summed E-state index contributed by atoms with van der Waals surface area (Å²) in [7, 11) is 0. The Kier molecular flexibility index (Phi) is 4.77. The molecule has 1 aromatic rings. The first kappa shape index (κ1) is 15.4. The Balaban J connectivity index is 2.33. The van der Waals surface area contributed by atoms with Crippen molar-refractivity contribution in [1.82, 2.24) is 9.55 Å². The summed E-state index contributed by atoms with van der Waals surface area (Å²) in [5, 5.41) is 0. The molecule has 2 unspecified atom stereocenters. The molecule has 0 aliphatic heterocycles. The van der Waals surface area contributed by atoms with Gasteiger partial charge in [-0.2, -0.15) is 0 Å². The van der Waals surface area contributed by atoms with Gasteiger partial charge < -0.3 is 10.3 Å². The van der Waals surface area contributed by atoms with E-state index in [9.17, 15) is 0 Å². The molecule has 0 amide bonds. The molecule has 1 saturated carbocycles. The van der Waals surface area contributed by atoms with Crippen LogP contribution in [0.2, 0.25) is 0 Å². The van der Waals surface area contributed by atoms with Crippen molar-refractivity contribution < 1.29 is 0 Å². The number of hydrogen-bond donors (Lipinski definition) is 1. The average molecular weight is 277 g/mol. The van der Waals surface area contributed by atoms with Crippen molar-refractivity contribution in [2.45, 2.75) is 78.7 Å². The van der Waals surface area contributed by atoms with E-state index < -0.39 is 0 Å². The van der Waals surface area contributed by atoms with Crippen LogP contribution in [0.15, 0.2) is 0 Å². The molecule has 1 fully saturated rings. The Morgan fingerprint density at radius 3 is 2.50 bits per heavy atom. The Morgan fingerprint density at radius 2 is 1.95 bits per heavy atom. The Bertz CT molecular complexity index is 445. The lowest BCUT2D eigenvalue weighted by Gasteiger charge is -2.25. The summed E-state index contributed by atoms with van der Waals surface area (Å²) in [4.78, 5) is 4.96. The average Bonchev–Trinajstić information content (AvgIpc) is 2.67. The van der Waals surface area contributed by atoms with Crippen molar-refractivity contribution in [3.05, 3.63) is 11.5 Å². The van der Waals surface area contributed by atoms with Gasteiger partial charge in [0.2, 0.25) is 0 Å². The molecule has 1 heterocycles. The zero-order chi connectivity index (χ0) is 14.9. The van der Waals surface area contributed by atoms with Crippen molar-refractivity contribution in [1.29, 1.82) is 0 Å². The monoisotopic (exact) mass is 277 g/mol. The topological polar surface area (TPSA) is 43.8 Å². The van der Waals surface area contributed by atoms with Crippen LogP contribution in [0.25, 0.3) is 0 Å². The summed E-state index contributed by atoms with van der Waals surface area (Å²) in [6.07, 6.45) is 5.19. The first-order valence-corrected chi connectivity index (χ1v) is 8.25. The molecule has 3 nitrogen and oxygen atoms in total. The van der Waals surface area contributed by atoms with Gasteiger partial charge in [0.25, 0.3) is 0 Å². The molecule has 0 aromatic carbocycles. The molecule has 1 aliphatic carbocycles. The molecular formula is C17H31N3. The van der Waals surface area contributed by atoms with Gasteiger partial charge in [-0.3, -0.25) is 0 Å². The van der Waals surface area contributed by atoms with Crippen molar-refractivity contribution in [2.75, 3.05) is 5.73 Å². The minimum absolute atomic E-state index is 0.436. The second-order valence-electron chi connectivity index (χ2n) is 7.37. The molecule has 2 N–H and O–H groups in total. The maximum atomic E-state index is 6.47. The molecule has 2 rings (SSSR count). The van der Waals surface area contributed by atoms with Gasteiger partial charge in [-0.25, -0.2) is 4.98 Å². The van der Waals surface area contributed by atoms with Gasteiger partial charge in [-0.05, 0) is 24.7 Å². The van der Waals surface area contributed by atoms with E-state index in [0.29, 0.717) is 17.8 Å². The van der Waals surface area contributed by atoms with E-state index in [1.807, 2.05) is 0 Å².